The number of carbonyl (C=O) groups is 1. The molecule has 0 aromatic heterocycles. The van der Waals surface area contributed by atoms with Gasteiger partial charge in [0.25, 0.3) is 0 Å². The summed E-state index contributed by atoms with van der Waals surface area (Å²) >= 11 is 1.37. The van der Waals surface area contributed by atoms with E-state index < -0.39 is 124 Å². The van der Waals surface area contributed by atoms with Crippen molar-refractivity contribution in [2.24, 2.45) is 0 Å². The molecule has 0 radical (unpaired) electrons. The predicted molar refractivity (Wildman–Crippen MR) is 340 cm³/mol. The maximum Gasteiger partial charge on any atom is 0.509 e. The van der Waals surface area contributed by atoms with Crippen molar-refractivity contribution in [3.8, 4) is 0 Å². The molecule has 4 aromatic carbocycles. The highest BCUT2D eigenvalue weighted by molar-refractivity contribution is 7.99. The highest BCUT2D eigenvalue weighted by Crippen LogP contribution is 2.46. The average molecular weight is 1280 g/mol. The molecule has 87 heavy (non-hydrogen) atoms. The van der Waals surface area contributed by atoms with Gasteiger partial charge in [-0.3, -0.25) is 0 Å². The number of ether oxygens (including phenoxy) is 10. The molecule has 4 aromatic rings. The molecule has 0 aliphatic carbocycles. The number of hydrogen-bond acceptors (Lipinski definition) is 17. The molecule has 0 saturated carbocycles. The Morgan fingerprint density at radius 2 is 0.943 bits per heavy atom. The van der Waals surface area contributed by atoms with E-state index in [4.69, 9.17) is 56.2 Å². The predicted octanol–water partition coefficient (Wildman–Crippen LogP) is 12.5. The topological polar surface area (TPSA) is 194 Å². The second-order valence-electron chi connectivity index (χ2n) is 25.4. The first-order chi connectivity index (χ1) is 41.5. The lowest BCUT2D eigenvalue weighted by molar-refractivity contribution is -0.375. The Hall–Kier alpha value is -3.60. The van der Waals surface area contributed by atoms with Crippen LogP contribution in [0, 0.1) is 0 Å². The summed E-state index contributed by atoms with van der Waals surface area (Å²) < 4.78 is 116. The van der Waals surface area contributed by atoms with Crippen molar-refractivity contribution >= 4 is 44.6 Å². The Balaban J connectivity index is 1.25. The van der Waals surface area contributed by atoms with E-state index in [2.05, 4.69) is 87.8 Å². The third kappa shape index (κ3) is 16.2. The van der Waals surface area contributed by atoms with E-state index in [1.807, 2.05) is 105 Å². The minimum atomic E-state index is -4.31. The summed E-state index contributed by atoms with van der Waals surface area (Å²) in [5.41, 5.74) is 2.98. The quantitative estimate of drug-likeness (QED) is 0.0369. The monoisotopic (exact) mass is 1280 g/mol. The van der Waals surface area contributed by atoms with Crippen LogP contribution < -0.4 is 4.72 Å². The van der Waals surface area contributed by atoms with E-state index in [-0.39, 0.29) is 71.2 Å². The lowest BCUT2D eigenvalue weighted by Gasteiger charge is -2.51. The van der Waals surface area contributed by atoms with Gasteiger partial charge in [-0.2, -0.15) is 0 Å². The lowest BCUT2D eigenvalue weighted by Crippen LogP contribution is -2.68. The Morgan fingerprint density at radius 1 is 0.529 bits per heavy atom. The van der Waals surface area contributed by atoms with Crippen LogP contribution in [0.5, 0.6) is 0 Å². The van der Waals surface area contributed by atoms with Crippen molar-refractivity contribution in [2.45, 2.75) is 246 Å². The van der Waals surface area contributed by atoms with Crippen LogP contribution in [0.25, 0.3) is 0 Å². The molecule has 8 rings (SSSR count). The lowest BCUT2D eigenvalue weighted by atomic mass is 9.95. The number of fused-ring (bicyclic) bond motifs is 1. The van der Waals surface area contributed by atoms with Crippen molar-refractivity contribution in [1.29, 1.82) is 0 Å². The van der Waals surface area contributed by atoms with Crippen LogP contribution in [-0.2, 0) is 86.1 Å². The van der Waals surface area contributed by atoms with Gasteiger partial charge >= 0.3 is 6.16 Å². The van der Waals surface area contributed by atoms with Crippen molar-refractivity contribution in [3.05, 3.63) is 138 Å². The average Bonchev–Trinajstić information content (AvgIpc) is 1.84. The summed E-state index contributed by atoms with van der Waals surface area (Å²) in [5, 5.41) is 13.1. The van der Waals surface area contributed by atoms with E-state index in [1.165, 1.54) is 23.9 Å². The molecule has 4 fully saturated rings. The van der Waals surface area contributed by atoms with Crippen LogP contribution >= 0.6 is 11.8 Å². The van der Waals surface area contributed by atoms with Crippen molar-refractivity contribution in [1.82, 2.24) is 4.72 Å². The summed E-state index contributed by atoms with van der Waals surface area (Å²) in [7, 11) is -9.51. The van der Waals surface area contributed by atoms with Crippen LogP contribution in [0.1, 0.15) is 114 Å². The van der Waals surface area contributed by atoms with Gasteiger partial charge in [-0.1, -0.05) is 199 Å². The second kappa shape index (κ2) is 31.1. The van der Waals surface area contributed by atoms with E-state index in [0.717, 1.165) is 16.7 Å². The van der Waals surface area contributed by atoms with Gasteiger partial charge in [0.05, 0.1) is 50.1 Å². The standard InChI is InChI=1S/C66H97NO16S2Si2/c1-15-84-65-54(67-85(70,71)51-34-26-19-27-35-51)58(55(68)52(79-65)39-75-86(41(2)3,42(4)5)43(6)7)80-64-62(60-57(82-66(69)83-60)53(78-64)40-76-87(44(8)9,45(10)11)46(12)13)81-63-61(74-38-50-32-24-18-25-33-50)59(73-37-49-30-22-17-23-31-49)56(47(14)77-63)72-36-48-28-20-16-21-29-48/h16-35,41-47,52-65,67-68H,15,36-40H2,1-14H3/t47?,52?,53?,54?,55-,56+,57-,58+,59-,60-,61?,62?,63-,64-,65?/m0/s1. The summed E-state index contributed by atoms with van der Waals surface area (Å²) in [6, 6.07) is 36.2. The van der Waals surface area contributed by atoms with Crippen LogP contribution in [0.4, 0.5) is 4.79 Å². The molecule has 7 unspecified atom stereocenters. The summed E-state index contributed by atoms with van der Waals surface area (Å²) in [5.74, 6) is 0.508. The van der Waals surface area contributed by atoms with Gasteiger partial charge in [0.2, 0.25) is 10.0 Å². The minimum Gasteiger partial charge on any atom is -0.424 e. The summed E-state index contributed by atoms with van der Waals surface area (Å²) in [6.45, 7) is 30.6. The van der Waals surface area contributed by atoms with Crippen molar-refractivity contribution in [3.63, 3.8) is 0 Å². The van der Waals surface area contributed by atoms with E-state index in [0.29, 0.717) is 5.75 Å². The molecule has 0 spiro atoms. The van der Waals surface area contributed by atoms with Crippen molar-refractivity contribution in [2.75, 3.05) is 19.0 Å². The molecule has 21 heteroatoms. The molecule has 15 atom stereocenters. The number of aliphatic hydroxyl groups is 1. The Bertz CT molecular complexity index is 2780. The molecule has 17 nitrogen and oxygen atoms in total. The third-order valence-corrected chi connectivity index (χ3v) is 32.7. The minimum absolute atomic E-state index is 0.00276. The van der Waals surface area contributed by atoms with Crippen LogP contribution in [0.2, 0.25) is 33.2 Å². The second-order valence-corrected chi connectivity index (χ2v) is 39.4. The molecule has 2 N–H and O–H groups in total. The molecule has 4 aliphatic heterocycles. The number of hydrogen-bond donors (Lipinski definition) is 2. The largest absolute Gasteiger partial charge is 0.509 e. The number of nitrogens with one attached hydrogen (secondary N) is 1. The maximum absolute atomic E-state index is 14.7. The maximum atomic E-state index is 14.7. The first-order valence-electron chi connectivity index (χ1n) is 31.3. The normalized spacial score (nSPS) is 29.1. The van der Waals surface area contributed by atoms with Crippen LogP contribution in [0.15, 0.2) is 126 Å². The number of sulfonamides is 1. The molecule has 4 heterocycles. The fourth-order valence-corrected chi connectivity index (χ4v) is 27.3. The molecule has 482 valence electrons. The smallest absolute Gasteiger partial charge is 0.424 e. The first kappa shape index (κ1) is 69.3. The number of rotatable bonds is 30. The van der Waals surface area contributed by atoms with Gasteiger partial charge in [-0.25, -0.2) is 17.9 Å². The molecule has 0 amide bonds. The van der Waals surface area contributed by atoms with Crippen LogP contribution in [-0.4, -0.2) is 146 Å². The van der Waals surface area contributed by atoms with E-state index >= 15 is 0 Å². The zero-order valence-electron chi connectivity index (χ0n) is 53.3. The Labute approximate surface area is 524 Å². The van der Waals surface area contributed by atoms with E-state index in [9.17, 15) is 18.3 Å². The zero-order chi connectivity index (χ0) is 62.8. The number of thioether (sulfide) groups is 1. The van der Waals surface area contributed by atoms with Gasteiger partial charge in [-0.05, 0) is 74.7 Å². The number of aliphatic hydroxyl groups excluding tert-OH is 1. The molecule has 4 aliphatic rings. The zero-order valence-corrected chi connectivity index (χ0v) is 56.9. The summed E-state index contributed by atoms with van der Waals surface area (Å²) in [6.07, 6.45) is -15.7. The highest BCUT2D eigenvalue weighted by Gasteiger charge is 2.61. The number of carbonyl (C=O) groups excluding carboxylic acids is 1. The molecule has 4 saturated heterocycles. The Kier molecular flexibility index (Phi) is 24.8. The van der Waals surface area contributed by atoms with Gasteiger partial charge < -0.3 is 61.3 Å². The van der Waals surface area contributed by atoms with Gasteiger partial charge in [0, 0.05) is 0 Å². The van der Waals surface area contributed by atoms with Gasteiger partial charge in [0.1, 0.15) is 48.2 Å². The van der Waals surface area contributed by atoms with E-state index in [1.54, 1.807) is 18.2 Å². The molecular formula is C66H97NO16S2Si2. The molecular weight excluding hydrogens is 1180 g/mol. The van der Waals surface area contributed by atoms with Crippen LogP contribution in [0.3, 0.4) is 0 Å². The number of benzene rings is 4. The van der Waals surface area contributed by atoms with Gasteiger partial charge in [-0.15, -0.1) is 11.8 Å². The highest BCUT2D eigenvalue weighted by atomic mass is 32.2. The van der Waals surface area contributed by atoms with Crippen molar-refractivity contribution < 1.29 is 74.5 Å². The third-order valence-electron chi connectivity index (χ3n) is 18.0. The fraction of sp³-hybridized carbons (Fsp3) is 0.621. The molecule has 0 bridgehead atoms. The van der Waals surface area contributed by atoms with Gasteiger partial charge in [0.15, 0.2) is 47.5 Å². The SMILES string of the molecule is CCSC1OC(CO[Si](C(C)C)(C(C)C)C(C)C)[C@H](O)[C@H](O[C@@H]2OC(CO[Si](C(C)C)(C(C)C)C(C)C)[C@@H]3OC(=O)O[C@@H]3C2O[C@@H]2OC(C)[C@@H](OCc3ccccc3)[C@H](OCc3ccccc3)C2OCc2ccccc2)C1NS(=O)(=O)c1ccccc1. The summed E-state index contributed by atoms with van der Waals surface area (Å²) in [4.78, 5) is 13.9. The first-order valence-corrected chi connectivity index (χ1v) is 38.1. The Morgan fingerprint density at radius 3 is 1.41 bits per heavy atom. The fourth-order valence-electron chi connectivity index (χ4n) is 14.0.